The van der Waals surface area contributed by atoms with E-state index in [1.807, 2.05) is 0 Å². The number of aryl methyl sites for hydroxylation is 1. The fourth-order valence-electron chi connectivity index (χ4n) is 1.42. The first kappa shape index (κ1) is 12.7. The number of sulfonamides is 1. The van der Waals surface area contributed by atoms with E-state index < -0.39 is 10.0 Å². The summed E-state index contributed by atoms with van der Waals surface area (Å²) in [4.78, 5) is 0. The number of H-pyrrole nitrogens is 1. The van der Waals surface area contributed by atoms with E-state index in [1.54, 1.807) is 13.0 Å². The summed E-state index contributed by atoms with van der Waals surface area (Å²) in [5.74, 6) is 0.435. The third-order valence-electron chi connectivity index (χ3n) is 2.28. The molecule has 0 bridgehead atoms. The van der Waals surface area contributed by atoms with E-state index in [-0.39, 0.29) is 18.1 Å². The lowest BCUT2D eigenvalue weighted by atomic mass is 10.4. The van der Waals surface area contributed by atoms with Crippen LogP contribution in [0.1, 0.15) is 17.0 Å². The maximum atomic E-state index is 12.0. The van der Waals surface area contributed by atoms with Crippen LogP contribution >= 0.6 is 0 Å². The molecule has 4 N–H and O–H groups in total. The van der Waals surface area contributed by atoms with Crippen LogP contribution in [0.15, 0.2) is 21.8 Å². The summed E-state index contributed by atoms with van der Waals surface area (Å²) in [6, 6.07) is 1.65. The molecule has 2 rings (SSSR count). The largest absolute Gasteiger partial charge is 0.360 e. The van der Waals surface area contributed by atoms with Crippen molar-refractivity contribution < 1.29 is 12.9 Å². The zero-order valence-electron chi connectivity index (χ0n) is 9.67. The van der Waals surface area contributed by atoms with Crippen molar-refractivity contribution in [2.75, 3.05) is 0 Å². The van der Waals surface area contributed by atoms with E-state index >= 15 is 0 Å². The number of aromatic amines is 1. The zero-order valence-corrected chi connectivity index (χ0v) is 10.5. The Kier molecular flexibility index (Phi) is 3.45. The molecule has 0 radical (unpaired) electrons. The van der Waals surface area contributed by atoms with Crippen LogP contribution in [0.25, 0.3) is 0 Å². The number of nitrogens with two attached hydrogens (primary N) is 1. The van der Waals surface area contributed by atoms with Crippen LogP contribution in [-0.2, 0) is 23.1 Å². The molecule has 2 aromatic rings. The molecule has 0 fully saturated rings. The van der Waals surface area contributed by atoms with Gasteiger partial charge in [0.25, 0.3) is 10.0 Å². The van der Waals surface area contributed by atoms with Crippen LogP contribution in [0.3, 0.4) is 0 Å². The molecule has 0 atom stereocenters. The predicted octanol–water partition coefficient (Wildman–Crippen LogP) is -0.357. The minimum Gasteiger partial charge on any atom is -0.360 e. The molecule has 18 heavy (non-hydrogen) atoms. The Morgan fingerprint density at radius 2 is 2.33 bits per heavy atom. The summed E-state index contributed by atoms with van der Waals surface area (Å²) in [7, 11) is -3.68. The minimum absolute atomic E-state index is 0.0200. The number of rotatable bonds is 5. The fourth-order valence-corrected chi connectivity index (χ4v) is 2.55. The van der Waals surface area contributed by atoms with Crippen molar-refractivity contribution in [2.24, 2.45) is 5.73 Å². The van der Waals surface area contributed by atoms with Crippen molar-refractivity contribution in [3.63, 3.8) is 0 Å². The Bertz CT molecular complexity index is 630. The van der Waals surface area contributed by atoms with Gasteiger partial charge in [0.15, 0.2) is 10.8 Å². The maximum Gasteiger partial charge on any atom is 0.258 e. The number of hydrogen-bond acceptors (Lipinski definition) is 6. The zero-order chi connectivity index (χ0) is 13.2. The van der Waals surface area contributed by atoms with E-state index in [4.69, 9.17) is 10.3 Å². The van der Waals surface area contributed by atoms with Crippen molar-refractivity contribution in [3.05, 3.63) is 29.3 Å². The van der Waals surface area contributed by atoms with Crippen LogP contribution in [0.2, 0.25) is 0 Å². The normalized spacial score (nSPS) is 11.9. The van der Waals surface area contributed by atoms with Crippen molar-refractivity contribution in [1.29, 1.82) is 0 Å². The molecule has 9 heteroatoms. The quantitative estimate of drug-likeness (QED) is 0.681. The number of aromatic nitrogens is 3. The molecule has 2 aromatic heterocycles. The molecule has 0 aliphatic rings. The molecule has 0 aliphatic heterocycles. The average Bonchev–Trinajstić information content (AvgIpc) is 2.95. The standard InChI is InChI=1S/C9H13N5O3S/c1-6-2-8(17-14-6)5-12-18(15,16)9-7(3-10)4-11-13-9/h2,4,12H,3,5,10H2,1H3,(H,11,13). The highest BCUT2D eigenvalue weighted by molar-refractivity contribution is 7.89. The van der Waals surface area contributed by atoms with E-state index in [0.29, 0.717) is 17.0 Å². The van der Waals surface area contributed by atoms with Gasteiger partial charge in [0.05, 0.1) is 18.4 Å². The Balaban J connectivity index is 2.13. The topological polar surface area (TPSA) is 127 Å². The number of hydrogen-bond donors (Lipinski definition) is 3. The summed E-state index contributed by atoms with van der Waals surface area (Å²) in [6.07, 6.45) is 1.38. The molecule has 8 nitrogen and oxygen atoms in total. The van der Waals surface area contributed by atoms with Crippen LogP contribution in [0.5, 0.6) is 0 Å². The highest BCUT2D eigenvalue weighted by Gasteiger charge is 2.20. The SMILES string of the molecule is Cc1cc(CNS(=O)(=O)c2[nH]ncc2CN)on1. The molecule has 0 saturated heterocycles. The van der Waals surface area contributed by atoms with Gasteiger partial charge in [0.1, 0.15) is 0 Å². The van der Waals surface area contributed by atoms with Crippen molar-refractivity contribution in [2.45, 2.75) is 25.0 Å². The van der Waals surface area contributed by atoms with Gasteiger partial charge >= 0.3 is 0 Å². The third-order valence-corrected chi connectivity index (χ3v) is 3.70. The van der Waals surface area contributed by atoms with Gasteiger partial charge in [-0.05, 0) is 6.92 Å². The molecule has 0 spiro atoms. The van der Waals surface area contributed by atoms with E-state index in [1.165, 1.54) is 6.20 Å². The third kappa shape index (κ3) is 2.58. The lowest BCUT2D eigenvalue weighted by molar-refractivity contribution is 0.377. The lowest BCUT2D eigenvalue weighted by Gasteiger charge is -2.04. The van der Waals surface area contributed by atoms with E-state index in [0.717, 1.165) is 0 Å². The van der Waals surface area contributed by atoms with E-state index in [2.05, 4.69) is 20.1 Å². The average molecular weight is 271 g/mol. The lowest BCUT2D eigenvalue weighted by Crippen LogP contribution is -2.24. The Hall–Kier alpha value is -1.71. The molecular weight excluding hydrogens is 258 g/mol. The van der Waals surface area contributed by atoms with Gasteiger partial charge in [0, 0.05) is 18.2 Å². The second-order valence-corrected chi connectivity index (χ2v) is 5.39. The molecular formula is C9H13N5O3S. The second-order valence-electron chi connectivity index (χ2n) is 3.69. The molecule has 98 valence electrons. The van der Waals surface area contributed by atoms with Gasteiger partial charge in [-0.1, -0.05) is 5.16 Å². The minimum atomic E-state index is -3.68. The van der Waals surface area contributed by atoms with Gasteiger partial charge in [-0.2, -0.15) is 5.10 Å². The van der Waals surface area contributed by atoms with Gasteiger partial charge in [-0.25, -0.2) is 13.1 Å². The molecule has 0 aromatic carbocycles. The summed E-state index contributed by atoms with van der Waals surface area (Å²) in [6.45, 7) is 1.86. The predicted molar refractivity (Wildman–Crippen MR) is 61.7 cm³/mol. The first-order valence-corrected chi connectivity index (χ1v) is 6.65. The second kappa shape index (κ2) is 4.88. The van der Waals surface area contributed by atoms with E-state index in [9.17, 15) is 8.42 Å². The Morgan fingerprint density at radius 1 is 1.56 bits per heavy atom. The van der Waals surface area contributed by atoms with Crippen LogP contribution in [0.4, 0.5) is 0 Å². The van der Waals surface area contributed by atoms with Crippen molar-refractivity contribution >= 4 is 10.0 Å². The van der Waals surface area contributed by atoms with Crippen LogP contribution in [0, 0.1) is 6.92 Å². The summed E-state index contributed by atoms with van der Waals surface area (Å²) < 4.78 is 31.2. The first-order valence-electron chi connectivity index (χ1n) is 5.17. The molecule has 2 heterocycles. The highest BCUT2D eigenvalue weighted by Crippen LogP contribution is 2.11. The van der Waals surface area contributed by atoms with Gasteiger partial charge in [-0.3, -0.25) is 5.10 Å². The number of nitrogens with one attached hydrogen (secondary N) is 2. The molecule has 0 unspecified atom stereocenters. The van der Waals surface area contributed by atoms with Crippen molar-refractivity contribution in [3.8, 4) is 0 Å². The monoisotopic (exact) mass is 271 g/mol. The van der Waals surface area contributed by atoms with Crippen LogP contribution in [-0.4, -0.2) is 23.8 Å². The molecule has 0 amide bonds. The number of nitrogens with zero attached hydrogens (tertiary/aromatic N) is 2. The van der Waals surface area contributed by atoms with Gasteiger partial charge in [0.2, 0.25) is 0 Å². The fraction of sp³-hybridized carbons (Fsp3) is 0.333. The maximum absolute atomic E-state index is 12.0. The van der Waals surface area contributed by atoms with Crippen LogP contribution < -0.4 is 10.5 Å². The molecule has 0 saturated carbocycles. The van der Waals surface area contributed by atoms with Gasteiger partial charge < -0.3 is 10.3 Å². The van der Waals surface area contributed by atoms with Gasteiger partial charge in [-0.15, -0.1) is 0 Å². The summed E-state index contributed by atoms with van der Waals surface area (Å²) in [5.41, 5.74) is 6.54. The summed E-state index contributed by atoms with van der Waals surface area (Å²) in [5, 5.41) is 9.71. The summed E-state index contributed by atoms with van der Waals surface area (Å²) >= 11 is 0. The van der Waals surface area contributed by atoms with Crippen molar-refractivity contribution in [1.82, 2.24) is 20.1 Å². The Morgan fingerprint density at radius 3 is 2.94 bits per heavy atom. The first-order chi connectivity index (χ1) is 8.53. The smallest absolute Gasteiger partial charge is 0.258 e. The highest BCUT2D eigenvalue weighted by atomic mass is 32.2. The molecule has 0 aliphatic carbocycles. The Labute approximate surface area is 104 Å².